The van der Waals surface area contributed by atoms with Crippen molar-refractivity contribution in [2.24, 2.45) is 5.92 Å². The van der Waals surface area contributed by atoms with Crippen molar-refractivity contribution in [3.63, 3.8) is 0 Å². The molecule has 0 aromatic heterocycles. The van der Waals surface area contributed by atoms with Gasteiger partial charge in [-0.2, -0.15) is 0 Å². The van der Waals surface area contributed by atoms with Gasteiger partial charge in [-0.3, -0.25) is 4.79 Å². The van der Waals surface area contributed by atoms with E-state index in [4.69, 9.17) is 6.42 Å². The Morgan fingerprint density at radius 1 is 1.47 bits per heavy atom. The smallest absolute Gasteiger partial charge is 0.150 e. The predicted octanol–water partition coefficient (Wildman–Crippen LogP) is 2.49. The van der Waals surface area contributed by atoms with E-state index in [2.05, 4.69) is 5.92 Å². The van der Waals surface area contributed by atoms with Crippen molar-refractivity contribution in [3.8, 4) is 12.3 Å². The summed E-state index contributed by atoms with van der Waals surface area (Å²) in [6, 6.07) is 4.32. The summed E-state index contributed by atoms with van der Waals surface area (Å²) in [6.07, 6.45) is 8.38. The monoisotopic (exact) mass is 231 g/mol. The standard InChI is InChI=1S/C14H14FNO/c1-2-5-16(9-11-3-4-11)14-7-12(10-17)6-13(15)8-14/h1,6-8,10-11H,3-5,9H2. The van der Waals surface area contributed by atoms with Crippen LogP contribution >= 0.6 is 0 Å². The first-order valence-corrected chi connectivity index (χ1v) is 5.67. The van der Waals surface area contributed by atoms with Crippen LogP contribution in [0.4, 0.5) is 10.1 Å². The molecule has 0 bridgehead atoms. The summed E-state index contributed by atoms with van der Waals surface area (Å²) >= 11 is 0. The summed E-state index contributed by atoms with van der Waals surface area (Å²) in [6.45, 7) is 1.28. The lowest BCUT2D eigenvalue weighted by Gasteiger charge is -2.22. The minimum absolute atomic E-state index is 0.345. The van der Waals surface area contributed by atoms with Crippen LogP contribution in [0.25, 0.3) is 0 Å². The molecule has 0 amide bonds. The van der Waals surface area contributed by atoms with E-state index in [-0.39, 0.29) is 0 Å². The average molecular weight is 231 g/mol. The van der Waals surface area contributed by atoms with Crippen LogP contribution in [0.5, 0.6) is 0 Å². The molecule has 1 fully saturated rings. The number of carbonyl (C=O) groups excluding carboxylic acids is 1. The van der Waals surface area contributed by atoms with Crippen LogP contribution in [-0.4, -0.2) is 19.4 Å². The van der Waals surface area contributed by atoms with Crippen molar-refractivity contribution < 1.29 is 9.18 Å². The number of hydrogen-bond donors (Lipinski definition) is 0. The topological polar surface area (TPSA) is 20.3 Å². The first-order valence-electron chi connectivity index (χ1n) is 5.67. The van der Waals surface area contributed by atoms with Crippen molar-refractivity contribution in [2.75, 3.05) is 18.0 Å². The third kappa shape index (κ3) is 3.07. The summed E-state index contributed by atoms with van der Waals surface area (Å²) in [4.78, 5) is 12.7. The van der Waals surface area contributed by atoms with Gasteiger partial charge in [-0.1, -0.05) is 5.92 Å². The number of nitrogens with zero attached hydrogens (tertiary/aromatic N) is 1. The van der Waals surface area contributed by atoms with E-state index in [1.165, 1.54) is 25.0 Å². The quantitative estimate of drug-likeness (QED) is 0.573. The number of hydrogen-bond acceptors (Lipinski definition) is 2. The Labute approximate surface area is 100 Å². The SMILES string of the molecule is C#CCN(CC1CC1)c1cc(F)cc(C=O)c1. The molecule has 2 rings (SSSR count). The normalized spacial score (nSPS) is 14.1. The zero-order valence-corrected chi connectivity index (χ0v) is 9.53. The molecule has 1 aliphatic carbocycles. The third-order valence-electron chi connectivity index (χ3n) is 2.86. The highest BCUT2D eigenvalue weighted by atomic mass is 19.1. The first kappa shape index (κ1) is 11.7. The van der Waals surface area contributed by atoms with Crippen molar-refractivity contribution in [1.82, 2.24) is 0 Å². The molecule has 0 radical (unpaired) electrons. The molecule has 1 aliphatic rings. The van der Waals surface area contributed by atoms with E-state index < -0.39 is 5.82 Å². The van der Waals surface area contributed by atoms with E-state index in [0.29, 0.717) is 30.0 Å². The van der Waals surface area contributed by atoms with Gasteiger partial charge in [0.25, 0.3) is 0 Å². The molecule has 2 nitrogen and oxygen atoms in total. The summed E-state index contributed by atoms with van der Waals surface area (Å²) < 4.78 is 13.3. The number of halogens is 1. The highest BCUT2D eigenvalue weighted by Gasteiger charge is 2.24. The van der Waals surface area contributed by atoms with Gasteiger partial charge in [0.05, 0.1) is 6.54 Å². The fraction of sp³-hybridized carbons (Fsp3) is 0.357. The van der Waals surface area contributed by atoms with Crippen LogP contribution in [0.3, 0.4) is 0 Å². The molecule has 0 spiro atoms. The fourth-order valence-corrected chi connectivity index (χ4v) is 1.83. The Morgan fingerprint density at radius 2 is 2.24 bits per heavy atom. The highest BCUT2D eigenvalue weighted by molar-refractivity contribution is 5.77. The van der Waals surface area contributed by atoms with Crippen LogP contribution < -0.4 is 4.90 Å². The van der Waals surface area contributed by atoms with Gasteiger partial charge in [-0.15, -0.1) is 6.42 Å². The fourth-order valence-electron chi connectivity index (χ4n) is 1.83. The number of benzene rings is 1. The van der Waals surface area contributed by atoms with E-state index in [0.717, 1.165) is 6.54 Å². The Kier molecular flexibility index (Phi) is 3.43. The Bertz CT molecular complexity index is 460. The number of rotatable bonds is 5. The zero-order valence-electron chi connectivity index (χ0n) is 9.53. The number of anilines is 1. The maximum atomic E-state index is 13.3. The third-order valence-corrected chi connectivity index (χ3v) is 2.86. The van der Waals surface area contributed by atoms with Gasteiger partial charge in [0, 0.05) is 17.8 Å². The van der Waals surface area contributed by atoms with Crippen LogP contribution in [-0.2, 0) is 0 Å². The second kappa shape index (κ2) is 5.01. The molecule has 0 aliphatic heterocycles. The lowest BCUT2D eigenvalue weighted by Crippen LogP contribution is -2.26. The van der Waals surface area contributed by atoms with Crippen LogP contribution in [0, 0.1) is 24.1 Å². The van der Waals surface area contributed by atoms with Crippen molar-refractivity contribution >= 4 is 12.0 Å². The van der Waals surface area contributed by atoms with E-state index in [1.807, 2.05) is 4.90 Å². The summed E-state index contributed by atoms with van der Waals surface area (Å²) in [7, 11) is 0. The molecular formula is C14H14FNO. The summed E-state index contributed by atoms with van der Waals surface area (Å²) in [5.41, 5.74) is 1.04. The number of terminal acetylenes is 1. The largest absolute Gasteiger partial charge is 0.360 e. The maximum Gasteiger partial charge on any atom is 0.150 e. The van der Waals surface area contributed by atoms with E-state index >= 15 is 0 Å². The van der Waals surface area contributed by atoms with Crippen molar-refractivity contribution in [1.29, 1.82) is 0 Å². The lowest BCUT2D eigenvalue weighted by atomic mass is 10.2. The van der Waals surface area contributed by atoms with E-state index in [9.17, 15) is 9.18 Å². The van der Waals surface area contributed by atoms with Gasteiger partial charge in [0.2, 0.25) is 0 Å². The molecule has 1 aromatic rings. The van der Waals surface area contributed by atoms with Gasteiger partial charge in [0.15, 0.2) is 0 Å². The van der Waals surface area contributed by atoms with Crippen LogP contribution in [0.2, 0.25) is 0 Å². The maximum absolute atomic E-state index is 13.3. The predicted molar refractivity (Wildman–Crippen MR) is 65.6 cm³/mol. The molecule has 17 heavy (non-hydrogen) atoms. The molecule has 0 atom stereocenters. The number of carbonyl (C=O) groups is 1. The molecule has 0 unspecified atom stereocenters. The van der Waals surface area contributed by atoms with Gasteiger partial charge in [0.1, 0.15) is 12.1 Å². The second-order valence-electron chi connectivity index (χ2n) is 4.39. The zero-order chi connectivity index (χ0) is 12.3. The Morgan fingerprint density at radius 3 is 2.82 bits per heavy atom. The van der Waals surface area contributed by atoms with Gasteiger partial charge in [-0.25, -0.2) is 4.39 Å². The van der Waals surface area contributed by atoms with Crippen LogP contribution in [0.1, 0.15) is 23.2 Å². The minimum atomic E-state index is -0.401. The average Bonchev–Trinajstić information content (AvgIpc) is 3.11. The summed E-state index contributed by atoms with van der Waals surface area (Å²) in [5.74, 6) is 2.83. The molecule has 0 heterocycles. The van der Waals surface area contributed by atoms with Crippen LogP contribution in [0.15, 0.2) is 18.2 Å². The van der Waals surface area contributed by atoms with Crippen molar-refractivity contribution in [2.45, 2.75) is 12.8 Å². The summed E-state index contributed by atoms with van der Waals surface area (Å²) in [5, 5.41) is 0. The molecule has 0 saturated heterocycles. The minimum Gasteiger partial charge on any atom is -0.360 e. The molecular weight excluding hydrogens is 217 g/mol. The molecule has 0 N–H and O–H groups in total. The molecule has 1 aromatic carbocycles. The molecule has 1 saturated carbocycles. The lowest BCUT2D eigenvalue weighted by molar-refractivity contribution is 0.112. The van der Waals surface area contributed by atoms with Gasteiger partial charge >= 0.3 is 0 Å². The number of aldehydes is 1. The second-order valence-corrected chi connectivity index (χ2v) is 4.39. The van der Waals surface area contributed by atoms with Gasteiger partial charge < -0.3 is 4.90 Å². The Hall–Kier alpha value is -1.82. The highest BCUT2D eigenvalue weighted by Crippen LogP contribution is 2.31. The van der Waals surface area contributed by atoms with Gasteiger partial charge in [-0.05, 0) is 37.0 Å². The first-order chi connectivity index (χ1) is 8.22. The molecule has 3 heteroatoms. The Balaban J connectivity index is 2.23. The molecule has 88 valence electrons. The van der Waals surface area contributed by atoms with Crippen molar-refractivity contribution in [3.05, 3.63) is 29.6 Å². The van der Waals surface area contributed by atoms with E-state index in [1.54, 1.807) is 6.07 Å².